The van der Waals surface area contributed by atoms with Crippen molar-refractivity contribution < 1.29 is 14.3 Å². The normalized spacial score (nSPS) is 14.2. The average Bonchev–Trinajstić information content (AvgIpc) is 1.64. The van der Waals surface area contributed by atoms with Crippen LogP contribution >= 0.6 is 0 Å². The van der Waals surface area contributed by atoms with Crippen molar-refractivity contribution in [2.75, 3.05) is 74.2 Å². The number of nitrogens with one attached hydrogen (secondary N) is 1. The number of hydrogen-bond acceptors (Lipinski definition) is 26. The van der Waals surface area contributed by atoms with Gasteiger partial charge in [-0.25, -0.2) is 39.7 Å². The first-order valence-corrected chi connectivity index (χ1v) is 30.2. The smallest absolute Gasteiger partial charge is 0.235 e. The summed E-state index contributed by atoms with van der Waals surface area (Å²) < 4.78 is 10.0. The van der Waals surface area contributed by atoms with E-state index in [0.29, 0.717) is 99.3 Å². The molecule has 0 spiro atoms. The van der Waals surface area contributed by atoms with E-state index < -0.39 is 6.04 Å². The van der Waals surface area contributed by atoms with Crippen LogP contribution in [0.4, 0.5) is 34.3 Å². The summed E-state index contributed by atoms with van der Waals surface area (Å²) in [5, 5.41) is 41.9. The molecule has 474 valence electrons. The van der Waals surface area contributed by atoms with E-state index >= 15 is 0 Å². The summed E-state index contributed by atoms with van der Waals surface area (Å²) in [5.74, 6) is 3.87. The molecule has 1 atom stereocenters. The van der Waals surface area contributed by atoms with Gasteiger partial charge >= 0.3 is 0 Å². The molecule has 2 aromatic carbocycles. The van der Waals surface area contributed by atoms with E-state index in [0.717, 1.165) is 90.4 Å². The molecule has 1 amide bonds. The Labute approximate surface area is 536 Å². The van der Waals surface area contributed by atoms with Gasteiger partial charge in [0.15, 0.2) is 0 Å². The Hall–Kier alpha value is -11.5. The zero-order valence-corrected chi connectivity index (χ0v) is 53.5. The van der Waals surface area contributed by atoms with Crippen molar-refractivity contribution in [1.29, 1.82) is 0 Å². The second-order valence-corrected chi connectivity index (χ2v) is 20.9. The number of amides is 1. The minimum atomic E-state index is -0.544. The molecule has 0 saturated carbocycles. The first kappa shape index (κ1) is 64.5. The van der Waals surface area contributed by atoms with Crippen molar-refractivity contribution in [1.82, 2.24) is 84.8 Å². The van der Waals surface area contributed by atoms with Gasteiger partial charge in [-0.1, -0.05) is 0 Å². The van der Waals surface area contributed by atoms with Crippen LogP contribution in [0.15, 0.2) is 140 Å². The number of likely N-dealkylation sites (N-methyl/N-ethyl adjacent to an activating group) is 1. The molecular formula is C63H69N27O3. The zero-order chi connectivity index (χ0) is 65.5. The molecule has 10 heterocycles. The number of nitrogens with zero attached hydrogens (tertiary/aromatic N) is 26. The number of hydrogen-bond donors (Lipinski definition) is 1. The fraction of sp³-hybridized carbons (Fsp3) is 0.317. The third kappa shape index (κ3) is 14.1. The van der Waals surface area contributed by atoms with Gasteiger partial charge in [0, 0.05) is 94.9 Å². The maximum atomic E-state index is 10.9. The molecule has 9 aromatic rings. The van der Waals surface area contributed by atoms with Crippen LogP contribution in [0.5, 0.6) is 0 Å². The Morgan fingerprint density at radius 1 is 0.570 bits per heavy atom. The van der Waals surface area contributed by atoms with E-state index in [1.807, 2.05) is 51.1 Å². The second-order valence-electron chi connectivity index (χ2n) is 20.9. The lowest BCUT2D eigenvalue weighted by atomic mass is 10.1. The SMILES string of the molecule is CCN(CC)c1ccc(N=C2C(C(C)N=C=O)=Nn3c2nnc3-c2cnccn2)c(C)c1.CCN(CC)c1ccc(N=C2C(CNC=O)=Nn3c2nnc3-c2cnccn2)c(C)n1.CCN(CCOC)c1ccc(N=C2C(C)=Nn3c2nnc3-c2cnccn2)c(C)c1. The first-order valence-electron chi connectivity index (χ1n) is 30.2. The van der Waals surface area contributed by atoms with Crippen molar-refractivity contribution in [3.05, 3.63) is 139 Å². The van der Waals surface area contributed by atoms with Gasteiger partial charge in [-0.3, -0.25) is 19.7 Å². The number of pyridine rings is 1. The van der Waals surface area contributed by atoms with Gasteiger partial charge in [-0.15, -0.1) is 30.6 Å². The highest BCUT2D eigenvalue weighted by atomic mass is 16.5. The number of carbonyl (C=O) groups excluding carboxylic acids is 2. The van der Waals surface area contributed by atoms with Crippen LogP contribution < -0.4 is 20.0 Å². The van der Waals surface area contributed by atoms with E-state index in [1.165, 1.54) is 0 Å². The Morgan fingerprint density at radius 2 is 1.04 bits per heavy atom. The summed E-state index contributed by atoms with van der Waals surface area (Å²) in [5.41, 5.74) is 12.8. The first-order chi connectivity index (χ1) is 45.3. The monoisotopic (exact) mass is 1250 g/mol. The third-order valence-corrected chi connectivity index (χ3v) is 15.1. The van der Waals surface area contributed by atoms with Gasteiger partial charge in [0.1, 0.15) is 57.5 Å². The minimum Gasteiger partial charge on any atom is -0.383 e. The lowest BCUT2D eigenvalue weighted by Gasteiger charge is -2.23. The van der Waals surface area contributed by atoms with E-state index in [4.69, 9.17) is 24.7 Å². The van der Waals surface area contributed by atoms with Crippen molar-refractivity contribution in [3.8, 4) is 34.6 Å². The van der Waals surface area contributed by atoms with Crippen LogP contribution in [0.2, 0.25) is 0 Å². The Kier molecular flexibility index (Phi) is 20.7. The summed E-state index contributed by atoms with van der Waals surface area (Å²) in [4.78, 5) is 76.6. The van der Waals surface area contributed by atoms with Crippen molar-refractivity contribution >= 4 is 81.0 Å². The average molecular weight is 1250 g/mol. The maximum absolute atomic E-state index is 10.9. The molecule has 0 bridgehead atoms. The number of anilines is 3. The Bertz CT molecular complexity index is 4370. The fourth-order valence-corrected chi connectivity index (χ4v) is 10.2. The molecule has 3 aliphatic rings. The molecule has 1 N–H and O–H groups in total. The van der Waals surface area contributed by atoms with Gasteiger partial charge in [-0.2, -0.15) is 34.3 Å². The van der Waals surface area contributed by atoms with Crippen molar-refractivity contribution in [2.24, 2.45) is 35.3 Å². The van der Waals surface area contributed by atoms with Crippen molar-refractivity contribution in [2.45, 2.75) is 75.3 Å². The van der Waals surface area contributed by atoms with Crippen LogP contribution in [0, 0.1) is 20.8 Å². The predicted molar refractivity (Wildman–Crippen MR) is 356 cm³/mol. The highest BCUT2D eigenvalue weighted by Crippen LogP contribution is 2.32. The molecule has 7 aromatic heterocycles. The standard InChI is InChI=1S/C22H23N9O.C21H24N8O.C20H22N10O/c1-5-30(6-2)16-7-8-17(14(3)11-16)26-20-19(15(4)25-13-32)29-31-21(27-28-22(20)31)18-12-23-9-10-24-18;1-5-28(10-11-30-4)16-6-7-17(14(2)12-16)24-19-15(3)27-29-20(25-26-21(19)29)18-13-22-8-9-23-18;1-4-29(5-2)17-7-6-14(13(3)24-17)25-18-15(10-22-12-31)28-30-19(26-27-20(18)30)16-11-21-8-9-23-16/h7-12,15H,5-6H2,1-4H3;6-9,12-13H,5,10-11H2,1-4H3;6-9,11-12H,4-5,10H2,1-3H3,(H,22,31). The largest absolute Gasteiger partial charge is 0.383 e. The number of ether oxygens (including phenoxy) is 1. The molecule has 1 unspecified atom stereocenters. The molecular weight excluding hydrogens is 1180 g/mol. The quantitative estimate of drug-likeness (QED) is 0.0398. The molecule has 30 nitrogen and oxygen atoms in total. The number of aromatic nitrogens is 16. The zero-order valence-electron chi connectivity index (χ0n) is 53.5. The number of benzene rings is 2. The molecule has 0 fully saturated rings. The van der Waals surface area contributed by atoms with E-state index in [-0.39, 0.29) is 6.54 Å². The summed E-state index contributed by atoms with van der Waals surface area (Å²) in [6, 6.07) is 15.7. The summed E-state index contributed by atoms with van der Waals surface area (Å²) in [7, 11) is 1.72. The van der Waals surface area contributed by atoms with Gasteiger partial charge < -0.3 is 24.8 Å². The van der Waals surface area contributed by atoms with Gasteiger partial charge in [-0.05, 0) is 129 Å². The van der Waals surface area contributed by atoms with Crippen LogP contribution in [0.3, 0.4) is 0 Å². The topological polar surface area (TPSA) is 334 Å². The van der Waals surface area contributed by atoms with Crippen LogP contribution in [-0.4, -0.2) is 192 Å². The molecule has 93 heavy (non-hydrogen) atoms. The van der Waals surface area contributed by atoms with Gasteiger partial charge in [0.2, 0.25) is 47.4 Å². The summed E-state index contributed by atoms with van der Waals surface area (Å²) >= 11 is 0. The van der Waals surface area contributed by atoms with Gasteiger partial charge in [0.25, 0.3) is 0 Å². The van der Waals surface area contributed by atoms with E-state index in [1.54, 1.807) is 89.9 Å². The fourth-order valence-electron chi connectivity index (χ4n) is 10.2. The molecule has 30 heteroatoms. The maximum Gasteiger partial charge on any atom is 0.235 e. The third-order valence-electron chi connectivity index (χ3n) is 15.1. The van der Waals surface area contributed by atoms with Crippen LogP contribution in [0.1, 0.15) is 82.8 Å². The highest BCUT2D eigenvalue weighted by Gasteiger charge is 2.34. The Balaban J connectivity index is 0.000000153. The van der Waals surface area contributed by atoms with Crippen LogP contribution in [-0.2, 0) is 14.3 Å². The Morgan fingerprint density at radius 3 is 1.53 bits per heavy atom. The number of aliphatic imine (C=N–C) groups is 4. The van der Waals surface area contributed by atoms with E-state index in [2.05, 4.69) is 161 Å². The molecule has 0 aliphatic carbocycles. The molecule has 0 saturated heterocycles. The number of aryl methyl sites for hydroxylation is 3. The number of fused-ring (bicyclic) bond motifs is 3. The summed E-state index contributed by atoms with van der Waals surface area (Å²) in [6.45, 7) is 26.5. The summed E-state index contributed by atoms with van der Waals surface area (Å²) in [6.07, 6.45) is 16.6. The highest BCUT2D eigenvalue weighted by molar-refractivity contribution is 6.51. The van der Waals surface area contributed by atoms with Crippen molar-refractivity contribution in [3.63, 3.8) is 0 Å². The van der Waals surface area contributed by atoms with Crippen LogP contribution in [0.25, 0.3) is 34.6 Å². The molecule has 3 aliphatic heterocycles. The minimum absolute atomic E-state index is 0.204. The number of isocyanates is 1. The van der Waals surface area contributed by atoms with E-state index in [9.17, 15) is 9.59 Å². The lowest BCUT2D eigenvalue weighted by Crippen LogP contribution is -2.26. The molecule has 12 rings (SSSR count). The number of rotatable bonds is 22. The molecule has 0 radical (unpaired) electrons. The number of carbonyl (C=O) groups is 1. The van der Waals surface area contributed by atoms with Gasteiger partial charge in [0.05, 0.1) is 60.2 Å². The second kappa shape index (κ2) is 29.9. The lowest BCUT2D eigenvalue weighted by molar-refractivity contribution is -0.109. The number of methoxy groups -OCH3 is 1. The predicted octanol–water partition coefficient (Wildman–Crippen LogP) is 7.20.